The van der Waals surface area contributed by atoms with Crippen molar-refractivity contribution in [2.75, 3.05) is 17.4 Å². The predicted octanol–water partition coefficient (Wildman–Crippen LogP) is 5.69. The Morgan fingerprint density at radius 2 is 1.54 bits per heavy atom. The third kappa shape index (κ3) is 7.75. The molecule has 7 nitrogen and oxygen atoms in total. The number of anilines is 1. The fraction of sp³-hybridized carbons (Fsp3) is 0.310. The third-order valence-electron chi connectivity index (χ3n) is 6.30. The topological polar surface area (TPSA) is 86.8 Å². The second-order valence-corrected chi connectivity index (χ2v) is 11.8. The zero-order valence-corrected chi connectivity index (χ0v) is 24.6. The summed E-state index contributed by atoms with van der Waals surface area (Å²) in [6.45, 7) is 5.53. The monoisotopic (exact) mass is 589 g/mol. The number of nitrogens with zero attached hydrogens (tertiary/aromatic N) is 2. The van der Waals surface area contributed by atoms with Crippen molar-refractivity contribution in [3.05, 3.63) is 94.0 Å². The van der Waals surface area contributed by atoms with E-state index in [1.54, 1.807) is 55.5 Å². The molecule has 0 aromatic heterocycles. The summed E-state index contributed by atoms with van der Waals surface area (Å²) in [6, 6.07) is 19.1. The first-order chi connectivity index (χ1) is 18.6. The molecule has 1 N–H and O–H groups in total. The summed E-state index contributed by atoms with van der Waals surface area (Å²) in [5.74, 6) is -0.880. The molecule has 0 aliphatic heterocycles. The molecule has 3 aromatic rings. The Balaban J connectivity index is 2.02. The lowest BCUT2D eigenvalue weighted by molar-refractivity contribution is -0.139. The summed E-state index contributed by atoms with van der Waals surface area (Å²) in [6.07, 6.45) is 1.52. The number of amides is 2. The first-order valence-electron chi connectivity index (χ1n) is 12.8. The van der Waals surface area contributed by atoms with E-state index in [0.29, 0.717) is 27.8 Å². The zero-order valence-electron chi connectivity index (χ0n) is 22.2. The first kappa shape index (κ1) is 30.5. The van der Waals surface area contributed by atoms with Crippen LogP contribution in [0.4, 0.5) is 5.69 Å². The van der Waals surface area contributed by atoms with E-state index >= 15 is 0 Å². The van der Waals surface area contributed by atoms with Crippen molar-refractivity contribution in [2.45, 2.75) is 51.1 Å². The molecular weight excluding hydrogens is 557 g/mol. The van der Waals surface area contributed by atoms with E-state index in [-0.39, 0.29) is 17.3 Å². The van der Waals surface area contributed by atoms with Gasteiger partial charge in [0.1, 0.15) is 12.6 Å². The highest BCUT2D eigenvalue weighted by molar-refractivity contribution is 7.92. The number of carbonyl (C=O) groups is 2. The minimum absolute atomic E-state index is 0.0322. The second-order valence-electron chi connectivity index (χ2n) is 9.08. The molecule has 0 unspecified atom stereocenters. The molecular formula is C29H33Cl2N3O4S. The molecule has 3 aromatic carbocycles. The van der Waals surface area contributed by atoms with Crippen molar-refractivity contribution >= 4 is 50.7 Å². The van der Waals surface area contributed by atoms with Gasteiger partial charge in [0, 0.05) is 13.1 Å². The van der Waals surface area contributed by atoms with Crippen molar-refractivity contribution in [1.29, 1.82) is 0 Å². The maximum atomic E-state index is 13.9. The molecule has 0 aliphatic rings. The standard InChI is InChI=1S/C29H33Cl2N3O4S/c1-4-17-32-29(36)21(3)33(19-23-13-16-26(30)27(31)18-23)28(35)20-34(24-14-11-22(5-2)12-15-24)39(37,38)25-9-7-6-8-10-25/h6-16,18,21H,4-5,17,19-20H2,1-3H3,(H,32,36)/t21-/m1/s1. The van der Waals surface area contributed by atoms with E-state index in [1.165, 1.54) is 17.0 Å². The number of rotatable bonds is 12. The van der Waals surface area contributed by atoms with E-state index in [0.717, 1.165) is 22.7 Å². The minimum atomic E-state index is -4.10. The number of carbonyl (C=O) groups excluding carboxylic acids is 2. The molecule has 208 valence electrons. The smallest absolute Gasteiger partial charge is 0.264 e. The van der Waals surface area contributed by atoms with E-state index in [9.17, 15) is 18.0 Å². The van der Waals surface area contributed by atoms with E-state index in [1.807, 2.05) is 26.0 Å². The zero-order chi connectivity index (χ0) is 28.6. The Bertz CT molecular complexity index is 1380. The van der Waals surface area contributed by atoms with Gasteiger partial charge < -0.3 is 10.2 Å². The van der Waals surface area contributed by atoms with Crippen molar-refractivity contribution < 1.29 is 18.0 Å². The maximum Gasteiger partial charge on any atom is 0.264 e. The van der Waals surface area contributed by atoms with Crippen molar-refractivity contribution in [3.8, 4) is 0 Å². The summed E-state index contributed by atoms with van der Waals surface area (Å²) in [5, 5.41) is 3.49. The van der Waals surface area contributed by atoms with E-state index in [2.05, 4.69) is 5.32 Å². The molecule has 0 aliphatic carbocycles. The van der Waals surface area contributed by atoms with Gasteiger partial charge in [-0.1, -0.05) is 73.4 Å². The summed E-state index contributed by atoms with van der Waals surface area (Å²) in [5.41, 5.74) is 2.03. The number of aryl methyl sites for hydroxylation is 1. The Morgan fingerprint density at radius 1 is 0.897 bits per heavy atom. The van der Waals surface area contributed by atoms with Gasteiger partial charge >= 0.3 is 0 Å². The van der Waals surface area contributed by atoms with Gasteiger partial charge in [0.25, 0.3) is 10.0 Å². The van der Waals surface area contributed by atoms with Crippen molar-refractivity contribution in [1.82, 2.24) is 10.2 Å². The molecule has 0 fully saturated rings. The molecule has 0 saturated carbocycles. The van der Waals surface area contributed by atoms with Gasteiger partial charge in [-0.15, -0.1) is 0 Å². The number of sulfonamides is 1. The second kappa shape index (κ2) is 13.8. The lowest BCUT2D eigenvalue weighted by Crippen LogP contribution is -2.51. The summed E-state index contributed by atoms with van der Waals surface area (Å²) < 4.78 is 28.6. The van der Waals surface area contributed by atoms with Crippen LogP contribution >= 0.6 is 23.2 Å². The normalized spacial score (nSPS) is 12.0. The highest BCUT2D eigenvalue weighted by atomic mass is 35.5. The van der Waals surface area contributed by atoms with Crippen LogP contribution < -0.4 is 9.62 Å². The molecule has 3 rings (SSSR count). The Kier molecular flexibility index (Phi) is 10.8. The lowest BCUT2D eigenvalue weighted by Gasteiger charge is -2.32. The molecule has 0 heterocycles. The van der Waals surface area contributed by atoms with Crippen LogP contribution in [-0.2, 0) is 32.6 Å². The average Bonchev–Trinajstić information content (AvgIpc) is 2.95. The molecule has 10 heteroatoms. The molecule has 2 amide bonds. The van der Waals surface area contributed by atoms with E-state index in [4.69, 9.17) is 23.2 Å². The number of hydrogen-bond acceptors (Lipinski definition) is 4. The number of halogens is 2. The molecule has 0 saturated heterocycles. The van der Waals surface area contributed by atoms with Crippen LogP contribution in [0.2, 0.25) is 10.0 Å². The Hall–Kier alpha value is -3.07. The van der Waals surface area contributed by atoms with Gasteiger partial charge in [0.15, 0.2) is 0 Å². The number of nitrogens with one attached hydrogen (secondary N) is 1. The van der Waals surface area contributed by atoms with Crippen LogP contribution in [0.1, 0.15) is 38.3 Å². The van der Waals surface area contributed by atoms with Gasteiger partial charge in [0.2, 0.25) is 11.8 Å². The number of benzene rings is 3. The van der Waals surface area contributed by atoms with Gasteiger partial charge in [-0.05, 0) is 67.3 Å². The summed E-state index contributed by atoms with van der Waals surface area (Å²) in [7, 11) is -4.10. The van der Waals surface area contributed by atoms with Crippen LogP contribution in [0, 0.1) is 0 Å². The van der Waals surface area contributed by atoms with E-state index < -0.39 is 28.5 Å². The quantitative estimate of drug-likeness (QED) is 0.294. The van der Waals surface area contributed by atoms with Crippen LogP contribution in [0.25, 0.3) is 0 Å². The lowest BCUT2D eigenvalue weighted by atomic mass is 10.1. The van der Waals surface area contributed by atoms with Gasteiger partial charge in [-0.2, -0.15) is 0 Å². The first-order valence-corrected chi connectivity index (χ1v) is 15.0. The number of hydrogen-bond donors (Lipinski definition) is 1. The van der Waals surface area contributed by atoms with Crippen molar-refractivity contribution in [3.63, 3.8) is 0 Å². The van der Waals surface area contributed by atoms with Crippen LogP contribution in [-0.4, -0.2) is 44.3 Å². The molecule has 39 heavy (non-hydrogen) atoms. The highest BCUT2D eigenvalue weighted by Gasteiger charge is 2.32. The molecule has 0 bridgehead atoms. The Morgan fingerprint density at radius 3 is 2.13 bits per heavy atom. The molecule has 0 radical (unpaired) electrons. The van der Waals surface area contributed by atoms with Crippen molar-refractivity contribution in [2.24, 2.45) is 0 Å². The third-order valence-corrected chi connectivity index (χ3v) is 8.82. The van der Waals surface area contributed by atoms with Gasteiger partial charge in [-0.25, -0.2) is 8.42 Å². The summed E-state index contributed by atoms with van der Waals surface area (Å²) >= 11 is 12.3. The van der Waals surface area contributed by atoms with Gasteiger partial charge in [-0.3, -0.25) is 13.9 Å². The minimum Gasteiger partial charge on any atom is -0.354 e. The molecule has 0 spiro atoms. The fourth-order valence-electron chi connectivity index (χ4n) is 3.96. The fourth-order valence-corrected chi connectivity index (χ4v) is 5.72. The predicted molar refractivity (Wildman–Crippen MR) is 157 cm³/mol. The van der Waals surface area contributed by atoms with Gasteiger partial charge in [0.05, 0.1) is 20.6 Å². The van der Waals surface area contributed by atoms with Crippen LogP contribution in [0.3, 0.4) is 0 Å². The largest absolute Gasteiger partial charge is 0.354 e. The molecule has 1 atom stereocenters. The Labute approximate surface area is 240 Å². The average molecular weight is 591 g/mol. The summed E-state index contributed by atoms with van der Waals surface area (Å²) in [4.78, 5) is 28.2. The van der Waals surface area contributed by atoms with Crippen LogP contribution in [0.15, 0.2) is 77.7 Å². The highest BCUT2D eigenvalue weighted by Crippen LogP contribution is 2.26. The maximum absolute atomic E-state index is 13.9. The SMILES string of the molecule is CCCNC(=O)[C@@H](C)N(Cc1ccc(Cl)c(Cl)c1)C(=O)CN(c1ccc(CC)cc1)S(=O)(=O)c1ccccc1. The van der Waals surface area contributed by atoms with Crippen LogP contribution in [0.5, 0.6) is 0 Å².